The van der Waals surface area contributed by atoms with Gasteiger partial charge in [-0.3, -0.25) is 28.1 Å². The Bertz CT molecular complexity index is 2750. The van der Waals surface area contributed by atoms with Crippen LogP contribution in [0.2, 0.25) is 0 Å². The molecule has 51 heavy (non-hydrogen) atoms. The van der Waals surface area contributed by atoms with Crippen molar-refractivity contribution in [2.24, 2.45) is 0 Å². The van der Waals surface area contributed by atoms with Crippen LogP contribution in [-0.2, 0) is 0 Å². The lowest BCUT2D eigenvalue weighted by atomic mass is 10.1. The fourth-order valence-corrected chi connectivity index (χ4v) is 7.28. The van der Waals surface area contributed by atoms with E-state index in [1.807, 2.05) is 123 Å². The molecule has 10 aromatic rings. The van der Waals surface area contributed by atoms with E-state index < -0.39 is 0 Å². The lowest BCUT2D eigenvalue weighted by Gasteiger charge is -2.19. The van der Waals surface area contributed by atoms with E-state index in [-0.39, 0.29) is 34.1 Å². The van der Waals surface area contributed by atoms with Gasteiger partial charge in [0.1, 0.15) is 0 Å². The minimum atomic E-state index is -0.0956. The van der Waals surface area contributed by atoms with Gasteiger partial charge in [-0.15, -0.1) is 0 Å². The molecular formula is C42H24N6O3. The summed E-state index contributed by atoms with van der Waals surface area (Å²) in [4.78, 5) is 56.8. The number of aromatic nitrogens is 6. The Morgan fingerprint density at radius 1 is 0.275 bits per heavy atom. The van der Waals surface area contributed by atoms with Crippen LogP contribution in [0.4, 0.5) is 0 Å². The molecule has 9 nitrogen and oxygen atoms in total. The molecule has 0 spiro atoms. The Morgan fingerprint density at radius 3 is 0.647 bits per heavy atom. The zero-order chi connectivity index (χ0) is 34.2. The molecule has 0 N–H and O–H groups in total. The number of rotatable bonds is 3. The third kappa shape index (κ3) is 4.15. The molecule has 4 heterocycles. The summed E-state index contributed by atoms with van der Waals surface area (Å²) in [5, 5.41) is 3.07. The molecule has 0 atom stereocenters. The van der Waals surface area contributed by atoms with Crippen molar-refractivity contribution in [2.45, 2.75) is 0 Å². The summed E-state index contributed by atoms with van der Waals surface area (Å²) in [5.41, 5.74) is 3.43. The molecule has 0 bridgehead atoms. The molecule has 0 aliphatic carbocycles. The number of benzene rings is 6. The molecule has 240 valence electrons. The van der Waals surface area contributed by atoms with Crippen LogP contribution in [0.3, 0.4) is 0 Å². The summed E-state index contributed by atoms with van der Waals surface area (Å²) in [6.07, 6.45) is 0. The van der Waals surface area contributed by atoms with Gasteiger partial charge in [0, 0.05) is 32.3 Å². The second-order valence-corrected chi connectivity index (χ2v) is 12.3. The molecule has 0 saturated carbocycles. The van der Waals surface area contributed by atoms with Gasteiger partial charge in [0.15, 0.2) is 16.3 Å². The highest BCUT2D eigenvalue weighted by Crippen LogP contribution is 2.28. The second kappa shape index (κ2) is 10.9. The lowest BCUT2D eigenvalue weighted by molar-refractivity contribution is 0.843. The van der Waals surface area contributed by atoms with Crippen molar-refractivity contribution >= 4 is 65.4 Å². The molecule has 10 rings (SSSR count). The molecule has 0 fully saturated rings. The van der Waals surface area contributed by atoms with Gasteiger partial charge in [-0.2, -0.15) is 15.0 Å². The van der Waals surface area contributed by atoms with Crippen molar-refractivity contribution in [2.75, 3.05) is 0 Å². The maximum atomic E-state index is 13.8. The van der Waals surface area contributed by atoms with Crippen LogP contribution >= 0.6 is 0 Å². The zero-order valence-corrected chi connectivity index (χ0v) is 26.8. The largest absolute Gasteiger partial charge is 0.288 e. The molecule has 0 aliphatic heterocycles. The average molecular weight is 661 g/mol. The van der Waals surface area contributed by atoms with Crippen LogP contribution in [0.25, 0.3) is 83.3 Å². The normalized spacial score (nSPS) is 11.8. The second-order valence-electron chi connectivity index (χ2n) is 12.3. The molecule has 9 heteroatoms. The lowest BCUT2D eigenvalue weighted by Crippen LogP contribution is -2.19. The van der Waals surface area contributed by atoms with Crippen molar-refractivity contribution in [1.29, 1.82) is 0 Å². The van der Waals surface area contributed by atoms with E-state index in [0.717, 1.165) is 0 Å². The Kier molecular flexibility index (Phi) is 6.13. The number of nitrogens with zero attached hydrogens (tertiary/aromatic N) is 6. The third-order valence-corrected chi connectivity index (χ3v) is 9.54. The molecule has 0 unspecified atom stereocenters. The highest BCUT2D eigenvalue weighted by molar-refractivity contribution is 5.97. The van der Waals surface area contributed by atoms with E-state index in [1.54, 1.807) is 36.4 Å². The first-order valence-corrected chi connectivity index (χ1v) is 16.4. The quantitative estimate of drug-likeness (QED) is 0.185. The van der Waals surface area contributed by atoms with Crippen LogP contribution in [-0.4, -0.2) is 28.7 Å². The number of hydrogen-bond acceptors (Lipinski definition) is 6. The molecule has 0 saturated heterocycles. The first-order valence-electron chi connectivity index (χ1n) is 16.4. The average Bonchev–Trinajstić information content (AvgIpc) is 3.18. The minimum absolute atomic E-state index is 0.0956. The van der Waals surface area contributed by atoms with Gasteiger partial charge in [-0.1, -0.05) is 72.8 Å². The van der Waals surface area contributed by atoms with Crippen molar-refractivity contribution in [3.63, 3.8) is 0 Å². The van der Waals surface area contributed by atoms with E-state index in [0.29, 0.717) is 65.4 Å². The zero-order valence-electron chi connectivity index (χ0n) is 26.8. The maximum Gasteiger partial charge on any atom is 0.241 e. The fourth-order valence-electron chi connectivity index (χ4n) is 7.28. The number of fused-ring (bicyclic) bond motifs is 6. The Balaban J connectivity index is 1.44. The molecule has 0 radical (unpaired) electrons. The summed E-state index contributed by atoms with van der Waals surface area (Å²) in [6, 6.07) is 44.3. The van der Waals surface area contributed by atoms with E-state index in [9.17, 15) is 14.4 Å². The van der Waals surface area contributed by atoms with Crippen LogP contribution in [0, 0.1) is 0 Å². The van der Waals surface area contributed by atoms with E-state index in [4.69, 9.17) is 15.0 Å². The van der Waals surface area contributed by atoms with Crippen LogP contribution in [0.15, 0.2) is 160 Å². The molecular weight excluding hydrogens is 637 g/mol. The third-order valence-electron chi connectivity index (χ3n) is 9.54. The predicted octanol–water partition coefficient (Wildman–Crippen LogP) is 7.24. The van der Waals surface area contributed by atoms with Crippen molar-refractivity contribution < 1.29 is 0 Å². The monoisotopic (exact) mass is 660 g/mol. The van der Waals surface area contributed by atoms with Gasteiger partial charge in [-0.05, 0) is 72.8 Å². The molecule has 0 amide bonds. The van der Waals surface area contributed by atoms with Crippen molar-refractivity contribution in [3.05, 3.63) is 176 Å². The highest BCUT2D eigenvalue weighted by Gasteiger charge is 2.22. The topological polar surface area (TPSA) is 105 Å². The summed E-state index contributed by atoms with van der Waals surface area (Å²) in [5.74, 6) is 0.753. The van der Waals surface area contributed by atoms with E-state index in [1.165, 1.54) is 0 Å². The maximum absolute atomic E-state index is 13.8. The van der Waals surface area contributed by atoms with Gasteiger partial charge >= 0.3 is 0 Å². The van der Waals surface area contributed by atoms with Crippen LogP contribution < -0.4 is 16.3 Å². The summed E-state index contributed by atoms with van der Waals surface area (Å²) in [7, 11) is 0. The highest BCUT2D eigenvalue weighted by atomic mass is 16.1. The van der Waals surface area contributed by atoms with Crippen LogP contribution in [0.1, 0.15) is 0 Å². The molecule has 4 aromatic heterocycles. The minimum Gasteiger partial charge on any atom is -0.288 e. The summed E-state index contributed by atoms with van der Waals surface area (Å²) < 4.78 is 5.63. The summed E-state index contributed by atoms with van der Waals surface area (Å²) >= 11 is 0. The predicted molar refractivity (Wildman–Crippen MR) is 202 cm³/mol. The van der Waals surface area contributed by atoms with Crippen molar-refractivity contribution in [1.82, 2.24) is 28.7 Å². The Hall–Kier alpha value is -7.26. The molecule has 0 aliphatic rings. The van der Waals surface area contributed by atoms with Gasteiger partial charge < -0.3 is 0 Å². The number of hydrogen-bond donors (Lipinski definition) is 0. The SMILES string of the molecule is O=c1c2ccccc2n(-c2nc(-n3c4ccccc4c(=O)c4ccccc43)nc(-n3c4ccccc4c(=O)c4ccccc43)n2)c2ccccc12. The standard InChI is InChI=1S/C42H24N6O3/c49-37-25-13-1-7-19-31(25)46(32-20-8-2-14-26(32)37)40-43-41(47-33-21-9-3-15-27(33)38(50)28-16-4-10-22-34(28)47)45-42(44-40)48-35-23-11-5-17-29(35)39(51)30-18-6-12-24-36(30)48/h1-24H. The van der Waals surface area contributed by atoms with Crippen LogP contribution in [0.5, 0.6) is 0 Å². The first-order chi connectivity index (χ1) is 25.1. The first kappa shape index (κ1) is 28.7. The number of pyridine rings is 3. The van der Waals surface area contributed by atoms with Gasteiger partial charge in [0.25, 0.3) is 0 Å². The fraction of sp³-hybridized carbons (Fsp3) is 0. The number of para-hydroxylation sites is 6. The van der Waals surface area contributed by atoms with Gasteiger partial charge in [-0.25, -0.2) is 0 Å². The Morgan fingerprint density at radius 2 is 0.451 bits per heavy atom. The smallest absolute Gasteiger partial charge is 0.241 e. The Labute approximate surface area is 287 Å². The van der Waals surface area contributed by atoms with Gasteiger partial charge in [0.2, 0.25) is 17.8 Å². The van der Waals surface area contributed by atoms with E-state index in [2.05, 4.69) is 0 Å². The summed E-state index contributed by atoms with van der Waals surface area (Å²) in [6.45, 7) is 0. The molecule has 6 aromatic carbocycles. The van der Waals surface area contributed by atoms with Crippen molar-refractivity contribution in [3.8, 4) is 17.8 Å². The van der Waals surface area contributed by atoms with Gasteiger partial charge in [0.05, 0.1) is 33.1 Å². The van der Waals surface area contributed by atoms with E-state index >= 15 is 0 Å².